The molecule has 0 saturated carbocycles. The summed E-state index contributed by atoms with van der Waals surface area (Å²) >= 11 is 0. The average molecular weight is 393 g/mol. The van der Waals surface area contributed by atoms with Crippen LogP contribution in [0.15, 0.2) is 53.5 Å². The van der Waals surface area contributed by atoms with E-state index < -0.39 is 23.7 Å². The lowest BCUT2D eigenvalue weighted by Crippen LogP contribution is -2.29. The van der Waals surface area contributed by atoms with Crippen LogP contribution in [0.1, 0.15) is 0 Å². The summed E-state index contributed by atoms with van der Waals surface area (Å²) in [5.74, 6) is -0.684. The van der Waals surface area contributed by atoms with Crippen molar-refractivity contribution in [1.82, 2.24) is 19.3 Å². The monoisotopic (exact) mass is 393 g/mol. The standard InChI is InChI=1S/C17H14F3N5O3/c1-24-15(13-4-2-3-9-21-13)23-25(16(24)27)10-14(26)22-11-5-7-12(8-6-11)28-17(18,19)20/h2-9H,10H2,1H3,(H,22,26). The van der Waals surface area contributed by atoms with Crippen molar-refractivity contribution in [2.45, 2.75) is 12.9 Å². The zero-order valence-corrected chi connectivity index (χ0v) is 14.5. The third-order valence-corrected chi connectivity index (χ3v) is 3.60. The summed E-state index contributed by atoms with van der Waals surface area (Å²) in [4.78, 5) is 28.5. The quantitative estimate of drug-likeness (QED) is 0.718. The van der Waals surface area contributed by atoms with Crippen LogP contribution >= 0.6 is 0 Å². The second-order valence-electron chi connectivity index (χ2n) is 5.66. The van der Waals surface area contributed by atoms with Gasteiger partial charge in [-0.1, -0.05) is 6.07 Å². The highest BCUT2D eigenvalue weighted by Crippen LogP contribution is 2.23. The van der Waals surface area contributed by atoms with Gasteiger partial charge in [-0.3, -0.25) is 14.3 Å². The molecule has 8 nitrogen and oxygen atoms in total. The highest BCUT2D eigenvalue weighted by Gasteiger charge is 2.31. The molecule has 0 fully saturated rings. The van der Waals surface area contributed by atoms with Crippen molar-refractivity contribution in [2.75, 3.05) is 5.32 Å². The maximum Gasteiger partial charge on any atom is 0.573 e. The van der Waals surface area contributed by atoms with Crippen molar-refractivity contribution in [3.05, 3.63) is 59.1 Å². The van der Waals surface area contributed by atoms with Crippen LogP contribution in [0.3, 0.4) is 0 Å². The Hall–Kier alpha value is -3.63. The van der Waals surface area contributed by atoms with Gasteiger partial charge in [-0.05, 0) is 36.4 Å². The Morgan fingerprint density at radius 2 is 1.89 bits per heavy atom. The van der Waals surface area contributed by atoms with Gasteiger partial charge in [0.2, 0.25) is 5.91 Å². The van der Waals surface area contributed by atoms with Crippen LogP contribution in [-0.4, -0.2) is 31.6 Å². The van der Waals surface area contributed by atoms with Crippen LogP contribution in [-0.2, 0) is 18.4 Å². The summed E-state index contributed by atoms with van der Waals surface area (Å²) in [6, 6.07) is 9.77. The third-order valence-electron chi connectivity index (χ3n) is 3.60. The predicted octanol–water partition coefficient (Wildman–Crippen LogP) is 2.18. The second-order valence-corrected chi connectivity index (χ2v) is 5.66. The van der Waals surface area contributed by atoms with E-state index in [1.54, 1.807) is 24.4 Å². The minimum atomic E-state index is -4.80. The molecule has 0 aliphatic heterocycles. The maximum absolute atomic E-state index is 12.3. The number of benzene rings is 1. The van der Waals surface area contributed by atoms with Gasteiger partial charge in [0.25, 0.3) is 0 Å². The Balaban J connectivity index is 1.69. The summed E-state index contributed by atoms with van der Waals surface area (Å²) < 4.78 is 42.4. The largest absolute Gasteiger partial charge is 0.573 e. The van der Waals surface area contributed by atoms with E-state index in [-0.39, 0.29) is 12.2 Å². The normalized spacial score (nSPS) is 11.3. The zero-order valence-electron chi connectivity index (χ0n) is 14.5. The number of pyridine rings is 1. The van der Waals surface area contributed by atoms with Crippen LogP contribution in [0.2, 0.25) is 0 Å². The molecule has 0 unspecified atom stereocenters. The van der Waals surface area contributed by atoms with Crippen LogP contribution in [0, 0.1) is 0 Å². The number of carbonyl (C=O) groups excluding carboxylic acids is 1. The van der Waals surface area contributed by atoms with Crippen molar-refractivity contribution in [3.8, 4) is 17.3 Å². The number of aromatic nitrogens is 4. The number of anilines is 1. The molecule has 0 aliphatic rings. The Morgan fingerprint density at radius 3 is 2.50 bits per heavy atom. The molecule has 1 amide bonds. The molecule has 0 saturated heterocycles. The fourth-order valence-electron chi connectivity index (χ4n) is 2.39. The molecule has 0 aliphatic carbocycles. The van der Waals surface area contributed by atoms with Gasteiger partial charge in [0, 0.05) is 18.9 Å². The summed E-state index contributed by atoms with van der Waals surface area (Å²) in [5.41, 5.74) is 0.208. The Kier molecular flexibility index (Phi) is 5.16. The van der Waals surface area contributed by atoms with E-state index in [4.69, 9.17) is 0 Å². The summed E-state index contributed by atoms with van der Waals surface area (Å²) in [5, 5.41) is 6.59. The van der Waals surface area contributed by atoms with Crippen LogP contribution < -0.4 is 15.7 Å². The highest BCUT2D eigenvalue weighted by molar-refractivity contribution is 5.90. The molecule has 0 atom stereocenters. The number of hydrogen-bond acceptors (Lipinski definition) is 5. The molecule has 2 heterocycles. The van der Waals surface area contributed by atoms with E-state index in [2.05, 4.69) is 20.1 Å². The molecular formula is C17H14F3N5O3. The molecular weight excluding hydrogens is 379 g/mol. The van der Waals surface area contributed by atoms with Crippen molar-refractivity contribution in [1.29, 1.82) is 0 Å². The van der Waals surface area contributed by atoms with E-state index in [0.29, 0.717) is 11.5 Å². The number of ether oxygens (including phenoxy) is 1. The smallest absolute Gasteiger partial charge is 0.406 e. The number of rotatable bonds is 5. The van der Waals surface area contributed by atoms with Gasteiger partial charge in [-0.25, -0.2) is 9.48 Å². The molecule has 1 N–H and O–H groups in total. The molecule has 28 heavy (non-hydrogen) atoms. The first kappa shape index (κ1) is 19.1. The molecule has 2 aromatic heterocycles. The molecule has 3 aromatic rings. The molecule has 3 rings (SSSR count). The van der Waals surface area contributed by atoms with E-state index >= 15 is 0 Å². The van der Waals surface area contributed by atoms with E-state index in [1.165, 1.54) is 23.7 Å². The fourth-order valence-corrected chi connectivity index (χ4v) is 2.39. The Morgan fingerprint density at radius 1 is 1.18 bits per heavy atom. The van der Waals surface area contributed by atoms with E-state index in [1.807, 2.05) is 0 Å². The summed E-state index contributed by atoms with van der Waals surface area (Å²) in [6.45, 7) is -0.375. The first-order valence-electron chi connectivity index (χ1n) is 7.94. The lowest BCUT2D eigenvalue weighted by Gasteiger charge is -2.09. The van der Waals surface area contributed by atoms with Gasteiger partial charge in [-0.2, -0.15) is 0 Å². The molecule has 146 valence electrons. The third kappa shape index (κ3) is 4.55. The van der Waals surface area contributed by atoms with Crippen molar-refractivity contribution >= 4 is 11.6 Å². The van der Waals surface area contributed by atoms with Crippen LogP contribution in [0.25, 0.3) is 11.5 Å². The predicted molar refractivity (Wildman–Crippen MR) is 92.5 cm³/mol. The second kappa shape index (κ2) is 7.55. The van der Waals surface area contributed by atoms with E-state index in [9.17, 15) is 22.8 Å². The number of halogens is 3. The number of hydrogen-bond donors (Lipinski definition) is 1. The van der Waals surface area contributed by atoms with Gasteiger partial charge < -0.3 is 10.1 Å². The topological polar surface area (TPSA) is 91.0 Å². The molecule has 0 bridgehead atoms. The van der Waals surface area contributed by atoms with Crippen molar-refractivity contribution < 1.29 is 22.7 Å². The molecule has 0 radical (unpaired) electrons. The minimum Gasteiger partial charge on any atom is -0.406 e. The Labute approximate surface area is 156 Å². The number of nitrogens with one attached hydrogen (secondary N) is 1. The van der Waals surface area contributed by atoms with E-state index in [0.717, 1.165) is 16.8 Å². The fraction of sp³-hybridized carbons (Fsp3) is 0.176. The molecule has 1 aromatic carbocycles. The summed E-state index contributed by atoms with van der Waals surface area (Å²) in [7, 11) is 1.51. The van der Waals surface area contributed by atoms with Gasteiger partial charge in [0.15, 0.2) is 5.82 Å². The number of alkyl halides is 3. The lowest BCUT2D eigenvalue weighted by molar-refractivity contribution is -0.274. The zero-order chi connectivity index (χ0) is 20.3. The number of nitrogens with zero attached hydrogens (tertiary/aromatic N) is 4. The van der Waals surface area contributed by atoms with Gasteiger partial charge in [-0.15, -0.1) is 18.3 Å². The first-order valence-corrected chi connectivity index (χ1v) is 7.94. The number of amides is 1. The van der Waals surface area contributed by atoms with Crippen LogP contribution in [0.4, 0.5) is 18.9 Å². The SMILES string of the molecule is Cn1c(-c2ccccn2)nn(CC(=O)Nc2ccc(OC(F)(F)F)cc2)c1=O. The molecule has 11 heteroatoms. The average Bonchev–Trinajstić information content (AvgIpc) is 2.91. The highest BCUT2D eigenvalue weighted by atomic mass is 19.4. The minimum absolute atomic E-state index is 0.244. The van der Waals surface area contributed by atoms with Gasteiger partial charge in [0.1, 0.15) is 18.0 Å². The lowest BCUT2D eigenvalue weighted by atomic mass is 10.3. The molecule has 0 spiro atoms. The maximum atomic E-state index is 12.3. The number of carbonyl (C=O) groups is 1. The van der Waals surface area contributed by atoms with Gasteiger partial charge in [0.05, 0.1) is 0 Å². The van der Waals surface area contributed by atoms with Crippen molar-refractivity contribution in [2.24, 2.45) is 7.05 Å². The van der Waals surface area contributed by atoms with Crippen LogP contribution in [0.5, 0.6) is 5.75 Å². The van der Waals surface area contributed by atoms with Crippen molar-refractivity contribution in [3.63, 3.8) is 0 Å². The first-order chi connectivity index (χ1) is 13.2. The summed E-state index contributed by atoms with van der Waals surface area (Å²) in [6.07, 6.45) is -3.24. The van der Waals surface area contributed by atoms with Gasteiger partial charge >= 0.3 is 12.1 Å². The Bertz CT molecular complexity index is 1030.